The second-order valence-corrected chi connectivity index (χ2v) is 44.2. The Bertz CT molecular complexity index is 2260. The van der Waals surface area contributed by atoms with Gasteiger partial charge in [-0.15, -0.1) is 0 Å². The van der Waals surface area contributed by atoms with Crippen molar-refractivity contribution in [2.24, 2.45) is 29.1 Å². The summed E-state index contributed by atoms with van der Waals surface area (Å²) in [6.45, 7) is -4.42. The van der Waals surface area contributed by atoms with Crippen molar-refractivity contribution in [2.75, 3.05) is 6.16 Å². The van der Waals surface area contributed by atoms with Crippen LogP contribution < -0.4 is 0 Å². The molecule has 2 aromatic heterocycles. The van der Waals surface area contributed by atoms with Crippen molar-refractivity contribution in [3.63, 3.8) is 0 Å². The monoisotopic (exact) mass is 642 g/mol. The zero-order valence-corrected chi connectivity index (χ0v) is 27.9. The van der Waals surface area contributed by atoms with Crippen molar-refractivity contribution in [3.05, 3.63) is 96.1 Å². The van der Waals surface area contributed by atoms with Crippen molar-refractivity contribution in [2.45, 2.75) is 83.9 Å². The molecule has 14 fully saturated rings. The quantitative estimate of drug-likeness (QED) is 0.198. The third-order valence-electron chi connectivity index (χ3n) is 24.6. The van der Waals surface area contributed by atoms with E-state index in [1.165, 1.54) is 41.4 Å². The van der Waals surface area contributed by atoms with Crippen LogP contribution in [-0.2, 0) is 16.0 Å². The summed E-state index contributed by atoms with van der Waals surface area (Å²) in [5, 5.41) is -0.0525. The van der Waals surface area contributed by atoms with Gasteiger partial charge in [0.15, 0.2) is 0 Å². The zero-order valence-electron chi connectivity index (χ0n) is 24.5. The fourth-order valence-corrected chi connectivity index (χ4v) is 113. The van der Waals surface area contributed by atoms with Crippen LogP contribution in [0.1, 0.15) is 48.8 Å². The Kier molecular flexibility index (Phi) is 1.75. The van der Waals surface area contributed by atoms with E-state index in [4.69, 9.17) is 9.97 Å². The number of pyridine rings is 2. The van der Waals surface area contributed by atoms with Crippen LogP contribution in [0.4, 0.5) is 0 Å². The molecule has 0 radical (unpaired) electrons. The Morgan fingerprint density at radius 1 is 0.721 bits per heavy atom. The first kappa shape index (κ1) is 21.6. The van der Waals surface area contributed by atoms with Crippen molar-refractivity contribution in [1.82, 2.24) is 9.97 Å². The number of benzene rings is 1. The van der Waals surface area contributed by atoms with Gasteiger partial charge in [0.1, 0.15) is 0 Å². The van der Waals surface area contributed by atoms with E-state index in [1.54, 1.807) is 32.1 Å². The van der Waals surface area contributed by atoms with Crippen molar-refractivity contribution < 1.29 is 6.51 Å². The summed E-state index contributed by atoms with van der Waals surface area (Å²) in [5.41, 5.74) is 5.44. The van der Waals surface area contributed by atoms with Gasteiger partial charge in [0.25, 0.3) is 0 Å². The van der Waals surface area contributed by atoms with E-state index in [1.807, 2.05) is 18.0 Å². The van der Waals surface area contributed by atoms with E-state index < -0.39 is 6.51 Å². The molecule has 4 bridgehead atoms. The maximum atomic E-state index is 4.90. The average molecular weight is 643 g/mol. The van der Waals surface area contributed by atoms with E-state index in [9.17, 15) is 0 Å². The van der Waals surface area contributed by atoms with Gasteiger partial charge in [-0.05, 0) is 0 Å². The van der Waals surface area contributed by atoms with Gasteiger partial charge < -0.3 is 0 Å². The van der Waals surface area contributed by atoms with E-state index >= 15 is 0 Å². The molecule has 5 heteroatoms. The predicted octanol–water partition coefficient (Wildman–Crippen LogP) is 9.15. The van der Waals surface area contributed by atoms with Crippen LogP contribution in [-0.4, -0.2) is 16.1 Å². The van der Waals surface area contributed by atoms with Crippen molar-refractivity contribution >= 4 is 18.5 Å². The van der Waals surface area contributed by atoms with Gasteiger partial charge in [0, 0.05) is 0 Å². The van der Waals surface area contributed by atoms with Gasteiger partial charge in [-0.3, -0.25) is 0 Å². The number of rotatable bonds is 6. The summed E-state index contributed by atoms with van der Waals surface area (Å²) in [6.07, 6.45) is 17.9. The Balaban J connectivity index is 1.13. The molecule has 43 heavy (non-hydrogen) atoms. The molecule has 0 amide bonds. The summed E-state index contributed by atoms with van der Waals surface area (Å²) < 4.78 is 1.81. The molecular weight excluding hydrogens is 602 g/mol. The molecule has 7 unspecified atom stereocenters. The molecule has 4 aliphatic carbocycles. The van der Waals surface area contributed by atoms with Crippen molar-refractivity contribution in [1.29, 1.82) is 0 Å². The number of aromatic nitrogens is 2. The van der Waals surface area contributed by atoms with Crippen molar-refractivity contribution in [3.8, 4) is 0 Å². The van der Waals surface area contributed by atoms with Crippen LogP contribution in [0.2, 0.25) is 42.3 Å². The maximum absolute atomic E-state index is 4.90. The summed E-state index contributed by atoms with van der Waals surface area (Å²) in [7, 11) is 7.30. The Morgan fingerprint density at radius 3 is 1.74 bits per heavy atom. The summed E-state index contributed by atoms with van der Waals surface area (Å²) >= 11 is 0. The van der Waals surface area contributed by atoms with Gasteiger partial charge in [-0.2, -0.15) is 0 Å². The Hall–Kier alpha value is -1.10. The average Bonchev–Trinajstić information content (AvgIpc) is 4.00. The first-order chi connectivity index (χ1) is 20.9. The molecule has 10 aliphatic heterocycles. The SMILES string of the molecule is PCC1([C]23[CH]4[C]5(c6ccccc6)[CH]6[C]2(C(P)(c2cccnc2)c2cccnc2)[Fe]64532789[CH]3[CH]2[CH]7[CH]8[CH]39)C2CC3CC(C2)CC1C3. The molecule has 7 atom stereocenters. The van der Waals surface area contributed by atoms with E-state index in [2.05, 4.69) is 85.5 Å². The van der Waals surface area contributed by atoms with Crippen LogP contribution in [0.5, 0.6) is 0 Å². The second-order valence-electron chi connectivity index (χ2n) is 20.1. The summed E-state index contributed by atoms with van der Waals surface area (Å²) in [4.78, 5) is 17.9. The van der Waals surface area contributed by atoms with Gasteiger partial charge in [-0.1, -0.05) is 0 Å². The number of nitrogens with zero attached hydrogens (tertiary/aromatic N) is 2. The molecule has 10 saturated heterocycles. The molecule has 2 nitrogen and oxygen atoms in total. The molecule has 3 aromatic rings. The van der Waals surface area contributed by atoms with E-state index in [0.29, 0.717) is 18.4 Å². The molecule has 14 aliphatic rings. The fraction of sp³-hybridized carbons (Fsp3) is 0.579. The number of fused-ring (bicyclic) bond motifs is 11. The van der Waals surface area contributed by atoms with Gasteiger partial charge in [0.05, 0.1) is 0 Å². The molecular formula is C38H40FeN2P2. The standard InChI is InChI=1S/C33H35N2P2.C5H5.Fe/c36-21-32(28-13-22-12-23(15-28)16-29(32)14-22)30-17-25(24-6-2-1-3-7-24)18-31(30)33(37,26-8-4-10-34-19-26)27-9-5-11-35-20-27;1-2-4-5-3-1;/h1-11,17-20,22-23,28-29H,12-16,21,36-37H2;1-5H;. The molecule has 220 valence electrons. The van der Waals surface area contributed by atoms with Crippen LogP contribution in [0.25, 0.3) is 0 Å². The summed E-state index contributed by atoms with van der Waals surface area (Å²) in [5.74, 6) is 4.06. The Labute approximate surface area is 249 Å². The van der Waals surface area contributed by atoms with E-state index in [-0.39, 0.29) is 5.16 Å². The molecule has 0 N–H and O–H groups in total. The van der Waals surface area contributed by atoms with Crippen LogP contribution in [0.15, 0.2) is 79.4 Å². The van der Waals surface area contributed by atoms with Crippen LogP contribution >= 0.6 is 18.5 Å². The Morgan fingerprint density at radius 2 is 1.28 bits per heavy atom. The molecule has 17 rings (SSSR count). The fourth-order valence-electron chi connectivity index (χ4n) is 27.7. The topological polar surface area (TPSA) is 25.8 Å². The minimum atomic E-state index is -4.42. The van der Waals surface area contributed by atoms with E-state index in [0.717, 1.165) is 33.3 Å². The summed E-state index contributed by atoms with van der Waals surface area (Å²) in [6, 6.07) is 22.0. The van der Waals surface area contributed by atoms with Gasteiger partial charge in [0.2, 0.25) is 0 Å². The van der Waals surface area contributed by atoms with Gasteiger partial charge in [-0.25, -0.2) is 0 Å². The van der Waals surface area contributed by atoms with Gasteiger partial charge >= 0.3 is 250 Å². The predicted molar refractivity (Wildman–Crippen MR) is 173 cm³/mol. The first-order valence-corrected chi connectivity index (χ1v) is 24.9. The van der Waals surface area contributed by atoms with Crippen LogP contribution in [0, 0.1) is 29.1 Å². The number of hydrogen-bond acceptors (Lipinski definition) is 2. The molecule has 12 heterocycles. The third-order valence-corrected chi connectivity index (χ3v) is 70.2. The minimum absolute atomic E-state index is 0.0525. The molecule has 4 saturated carbocycles. The molecule has 1 spiro atoms. The normalized spacial score (nSPS) is 72.5. The molecule has 1 aromatic carbocycles. The zero-order chi connectivity index (χ0) is 27.7. The third kappa shape index (κ3) is 0.555. The first-order valence-electron chi connectivity index (χ1n) is 17.4. The van der Waals surface area contributed by atoms with Crippen LogP contribution in [0.3, 0.4) is 0 Å². The number of hydrogen-bond donors (Lipinski definition) is 0. The second kappa shape index (κ2) is 3.47.